The van der Waals surface area contributed by atoms with Crippen molar-refractivity contribution >= 4 is 41.2 Å². The molecule has 1 aliphatic heterocycles. The van der Waals surface area contributed by atoms with Gasteiger partial charge in [-0.25, -0.2) is 4.79 Å². The summed E-state index contributed by atoms with van der Waals surface area (Å²) in [5, 5.41) is 11.2. The second-order valence-electron chi connectivity index (χ2n) is 5.08. The summed E-state index contributed by atoms with van der Waals surface area (Å²) in [5.74, 6) is -2.06. The molecule has 0 aromatic heterocycles. The molecule has 8 nitrogen and oxygen atoms in total. The lowest BCUT2D eigenvalue weighted by molar-refractivity contribution is -0.139. The van der Waals surface area contributed by atoms with E-state index in [0.29, 0.717) is 5.56 Å². The predicted molar refractivity (Wildman–Crippen MR) is 96.8 cm³/mol. The Labute approximate surface area is 154 Å². The molecule has 136 valence electrons. The van der Waals surface area contributed by atoms with Crippen LogP contribution in [0.25, 0.3) is 6.08 Å². The summed E-state index contributed by atoms with van der Waals surface area (Å²) in [6.45, 7) is 3.08. The van der Waals surface area contributed by atoms with Gasteiger partial charge >= 0.3 is 5.97 Å². The maximum absolute atomic E-state index is 12.6. The van der Waals surface area contributed by atoms with Gasteiger partial charge in [0.2, 0.25) is 0 Å². The van der Waals surface area contributed by atoms with Crippen LogP contribution in [0.5, 0.6) is 11.5 Å². The van der Waals surface area contributed by atoms with Gasteiger partial charge in [-0.05, 0) is 24.4 Å². The van der Waals surface area contributed by atoms with Crippen molar-refractivity contribution in [2.24, 2.45) is 0 Å². The number of amides is 2. The molecular formula is C17H16N2O6S. The summed E-state index contributed by atoms with van der Waals surface area (Å²) < 4.78 is 10.4. The summed E-state index contributed by atoms with van der Waals surface area (Å²) in [6, 6.07) is 4.76. The lowest BCUT2D eigenvalue weighted by atomic mass is 10.1. The van der Waals surface area contributed by atoms with E-state index in [4.69, 9.17) is 26.8 Å². The number of nitrogens with one attached hydrogen (secondary N) is 1. The minimum atomic E-state index is -1.18. The molecule has 1 fully saturated rings. The Bertz CT molecular complexity index is 817. The number of carboxylic acid groups (broad SMARTS) is 1. The third kappa shape index (κ3) is 4.06. The van der Waals surface area contributed by atoms with E-state index in [1.165, 1.54) is 24.2 Å². The first-order valence-electron chi connectivity index (χ1n) is 7.40. The van der Waals surface area contributed by atoms with Crippen molar-refractivity contribution in [1.82, 2.24) is 10.2 Å². The quantitative estimate of drug-likeness (QED) is 0.316. The fourth-order valence-corrected chi connectivity index (χ4v) is 2.49. The van der Waals surface area contributed by atoms with Crippen LogP contribution in [0.1, 0.15) is 5.56 Å². The lowest BCUT2D eigenvalue weighted by Gasteiger charge is -2.27. The highest BCUT2D eigenvalue weighted by molar-refractivity contribution is 7.80. The normalized spacial score (nSPS) is 15.7. The maximum Gasteiger partial charge on any atom is 0.341 e. The largest absolute Gasteiger partial charge is 0.493 e. The van der Waals surface area contributed by atoms with Gasteiger partial charge in [0.25, 0.3) is 11.8 Å². The van der Waals surface area contributed by atoms with Crippen molar-refractivity contribution < 1.29 is 29.0 Å². The molecule has 2 rings (SSSR count). The Morgan fingerprint density at radius 2 is 2.15 bits per heavy atom. The third-order valence-corrected chi connectivity index (χ3v) is 3.69. The smallest absolute Gasteiger partial charge is 0.341 e. The van der Waals surface area contributed by atoms with Crippen molar-refractivity contribution in [1.29, 1.82) is 0 Å². The van der Waals surface area contributed by atoms with Crippen LogP contribution >= 0.6 is 12.2 Å². The summed E-state index contributed by atoms with van der Waals surface area (Å²) in [6.07, 6.45) is 2.78. The van der Waals surface area contributed by atoms with Crippen LogP contribution in [0, 0.1) is 0 Å². The first kappa shape index (κ1) is 19.1. The number of carbonyl (C=O) groups is 3. The number of benzene rings is 1. The fraction of sp³-hybridized carbons (Fsp3) is 0.176. The number of thiocarbonyl (C=S) groups is 1. The molecule has 0 atom stereocenters. The highest BCUT2D eigenvalue weighted by Gasteiger charge is 2.33. The van der Waals surface area contributed by atoms with Crippen molar-refractivity contribution in [3.05, 3.63) is 42.0 Å². The monoisotopic (exact) mass is 376 g/mol. The number of aliphatic carboxylic acids is 1. The molecule has 1 saturated heterocycles. The Morgan fingerprint density at radius 1 is 1.42 bits per heavy atom. The van der Waals surface area contributed by atoms with Crippen LogP contribution in [-0.4, -0.2) is 53.2 Å². The van der Waals surface area contributed by atoms with Crippen molar-refractivity contribution in [3.63, 3.8) is 0 Å². The van der Waals surface area contributed by atoms with Crippen molar-refractivity contribution in [2.45, 2.75) is 0 Å². The van der Waals surface area contributed by atoms with Gasteiger partial charge < -0.3 is 14.6 Å². The van der Waals surface area contributed by atoms with Gasteiger partial charge in [-0.2, -0.15) is 0 Å². The van der Waals surface area contributed by atoms with E-state index >= 15 is 0 Å². The average molecular weight is 376 g/mol. The Hall–Kier alpha value is -3.20. The molecule has 0 spiro atoms. The van der Waals surface area contributed by atoms with E-state index in [1.807, 2.05) is 0 Å². The Morgan fingerprint density at radius 3 is 2.77 bits per heavy atom. The fourth-order valence-electron chi connectivity index (χ4n) is 2.24. The molecule has 0 unspecified atom stereocenters. The minimum Gasteiger partial charge on any atom is -0.493 e. The van der Waals surface area contributed by atoms with E-state index < -0.39 is 24.4 Å². The maximum atomic E-state index is 12.6. The van der Waals surface area contributed by atoms with E-state index in [1.54, 1.807) is 18.2 Å². The standard InChI is InChI=1S/C17H16N2O6S/c1-3-7-19-16(23)11(15(22)18-17(19)26)8-10-5-4-6-12(24-2)14(10)25-9-13(20)21/h3-6,8H,1,7,9H2,2H3,(H,20,21)(H,18,22,26)/b11-8+. The summed E-state index contributed by atoms with van der Waals surface area (Å²) in [7, 11) is 1.39. The molecule has 1 aromatic carbocycles. The third-order valence-electron chi connectivity index (χ3n) is 3.37. The molecule has 1 heterocycles. The molecule has 1 aliphatic rings. The van der Waals surface area contributed by atoms with Gasteiger partial charge in [-0.3, -0.25) is 19.8 Å². The van der Waals surface area contributed by atoms with Gasteiger partial charge in [0.15, 0.2) is 23.2 Å². The average Bonchev–Trinajstić information content (AvgIpc) is 2.60. The molecular weight excluding hydrogens is 360 g/mol. The van der Waals surface area contributed by atoms with Gasteiger partial charge in [0.05, 0.1) is 7.11 Å². The van der Waals surface area contributed by atoms with Crippen LogP contribution in [0.4, 0.5) is 0 Å². The van der Waals surface area contributed by atoms with Crippen molar-refractivity contribution in [2.75, 3.05) is 20.3 Å². The number of hydrogen-bond donors (Lipinski definition) is 2. The molecule has 1 aromatic rings. The second-order valence-corrected chi connectivity index (χ2v) is 5.47. The molecule has 2 N–H and O–H groups in total. The van der Waals surface area contributed by atoms with Gasteiger partial charge in [0.1, 0.15) is 5.57 Å². The number of carbonyl (C=O) groups excluding carboxylic acids is 2. The van der Waals surface area contributed by atoms with Gasteiger partial charge in [-0.1, -0.05) is 18.2 Å². The van der Waals surface area contributed by atoms with Crippen LogP contribution < -0.4 is 14.8 Å². The number of nitrogens with zero attached hydrogens (tertiary/aromatic N) is 1. The molecule has 9 heteroatoms. The highest BCUT2D eigenvalue weighted by Crippen LogP contribution is 2.33. The molecule has 0 bridgehead atoms. The molecule has 26 heavy (non-hydrogen) atoms. The van der Waals surface area contributed by atoms with E-state index in [-0.39, 0.29) is 28.7 Å². The zero-order valence-corrected chi connectivity index (χ0v) is 14.7. The summed E-state index contributed by atoms with van der Waals surface area (Å²) in [4.78, 5) is 36.7. The number of para-hydroxylation sites is 1. The number of hydrogen-bond acceptors (Lipinski definition) is 6. The lowest BCUT2D eigenvalue weighted by Crippen LogP contribution is -2.53. The Kier molecular flexibility index (Phi) is 6.07. The number of methoxy groups -OCH3 is 1. The summed E-state index contributed by atoms with van der Waals surface area (Å²) >= 11 is 4.99. The number of rotatable bonds is 7. The number of ether oxygens (including phenoxy) is 2. The molecule has 0 radical (unpaired) electrons. The highest BCUT2D eigenvalue weighted by atomic mass is 32.1. The van der Waals surface area contributed by atoms with Crippen LogP contribution in [0.15, 0.2) is 36.4 Å². The van der Waals surface area contributed by atoms with E-state index in [2.05, 4.69) is 11.9 Å². The topological polar surface area (TPSA) is 105 Å². The number of carboxylic acids is 1. The zero-order valence-electron chi connectivity index (χ0n) is 13.9. The minimum absolute atomic E-state index is 0.00922. The summed E-state index contributed by atoms with van der Waals surface area (Å²) in [5.41, 5.74) is 0.143. The first-order chi connectivity index (χ1) is 12.4. The molecule has 2 amide bonds. The van der Waals surface area contributed by atoms with Crippen LogP contribution in [0.2, 0.25) is 0 Å². The predicted octanol–water partition coefficient (Wildman–Crippen LogP) is 0.971. The van der Waals surface area contributed by atoms with Crippen LogP contribution in [-0.2, 0) is 14.4 Å². The zero-order chi connectivity index (χ0) is 19.3. The first-order valence-corrected chi connectivity index (χ1v) is 7.81. The van der Waals surface area contributed by atoms with E-state index in [0.717, 1.165) is 0 Å². The second kappa shape index (κ2) is 8.26. The molecule has 0 saturated carbocycles. The van der Waals surface area contributed by atoms with E-state index in [9.17, 15) is 14.4 Å². The van der Waals surface area contributed by atoms with Gasteiger partial charge in [-0.15, -0.1) is 6.58 Å². The SMILES string of the molecule is C=CCN1C(=O)/C(=C/c2cccc(OC)c2OCC(=O)O)C(=O)NC1=S. The molecule has 0 aliphatic carbocycles. The van der Waals surface area contributed by atoms with Crippen molar-refractivity contribution in [3.8, 4) is 11.5 Å². The van der Waals surface area contributed by atoms with Gasteiger partial charge in [0, 0.05) is 12.1 Å². The Balaban J connectivity index is 2.48. The van der Waals surface area contributed by atoms with Crippen LogP contribution in [0.3, 0.4) is 0 Å².